The molecular formula is C23H32FN5. The average Bonchev–Trinajstić information content (AvgIpc) is 3.05. The first-order valence-corrected chi connectivity index (χ1v) is 9.63. The lowest BCUT2D eigenvalue weighted by Crippen LogP contribution is -2.20. The molecule has 0 bridgehead atoms. The van der Waals surface area contributed by atoms with Gasteiger partial charge in [-0.25, -0.2) is 19.3 Å². The van der Waals surface area contributed by atoms with E-state index >= 15 is 0 Å². The van der Waals surface area contributed by atoms with Gasteiger partial charge in [-0.3, -0.25) is 0 Å². The van der Waals surface area contributed by atoms with Crippen LogP contribution < -0.4 is 5.32 Å². The van der Waals surface area contributed by atoms with Gasteiger partial charge in [0.1, 0.15) is 0 Å². The van der Waals surface area contributed by atoms with Gasteiger partial charge in [-0.05, 0) is 37.3 Å². The minimum absolute atomic E-state index is 0. The average molecular weight is 398 g/mol. The number of halogens is 1. The molecule has 0 unspecified atom stereocenters. The Hall–Kier alpha value is -2.76. The Morgan fingerprint density at radius 2 is 1.97 bits per heavy atom. The van der Waals surface area contributed by atoms with Crippen molar-refractivity contribution in [3.8, 4) is 0 Å². The van der Waals surface area contributed by atoms with E-state index < -0.39 is 0 Å². The summed E-state index contributed by atoms with van der Waals surface area (Å²) in [5.74, 6) is 0.273. The normalized spacial score (nSPS) is 12.2. The maximum atomic E-state index is 14.6. The molecule has 0 fully saturated rings. The molecule has 3 aromatic heterocycles. The van der Waals surface area contributed by atoms with E-state index in [9.17, 15) is 4.39 Å². The molecule has 0 aliphatic carbocycles. The van der Waals surface area contributed by atoms with Gasteiger partial charge in [0.05, 0.1) is 5.69 Å². The highest BCUT2D eigenvalue weighted by molar-refractivity contribution is 5.80. The first-order valence-electron chi connectivity index (χ1n) is 9.63. The molecule has 3 rings (SSSR count). The number of aromatic nitrogens is 4. The molecule has 1 N–H and O–H groups in total. The highest BCUT2D eigenvalue weighted by Crippen LogP contribution is 2.27. The van der Waals surface area contributed by atoms with Gasteiger partial charge in [0, 0.05) is 42.0 Å². The molecule has 156 valence electrons. The zero-order chi connectivity index (χ0) is 20.5. The molecule has 5 nitrogen and oxygen atoms in total. The van der Waals surface area contributed by atoms with E-state index in [0.717, 1.165) is 41.1 Å². The smallest absolute Gasteiger partial charge is 0.222 e. The van der Waals surface area contributed by atoms with Gasteiger partial charge in [0.25, 0.3) is 0 Å². The van der Waals surface area contributed by atoms with Crippen molar-refractivity contribution in [2.75, 3.05) is 11.9 Å². The van der Waals surface area contributed by atoms with Crippen molar-refractivity contribution in [3.63, 3.8) is 0 Å². The summed E-state index contributed by atoms with van der Waals surface area (Å²) in [5.41, 5.74) is 4.88. The fourth-order valence-electron chi connectivity index (χ4n) is 3.14. The molecule has 6 heteroatoms. The van der Waals surface area contributed by atoms with Crippen molar-refractivity contribution in [2.24, 2.45) is 5.41 Å². The summed E-state index contributed by atoms with van der Waals surface area (Å²) in [7, 11) is 0. The van der Waals surface area contributed by atoms with Crippen LogP contribution in [0.15, 0.2) is 30.7 Å². The number of hydrogen-bond acceptors (Lipinski definition) is 4. The number of imidazole rings is 1. The SMILES string of the molecule is C.C/C=C(/c1cc(F)c2ncc(CC)n2c1)c1cnc(NCC(C)(C)C)nc1C. The van der Waals surface area contributed by atoms with Gasteiger partial charge in [-0.15, -0.1) is 0 Å². The fraction of sp³-hybridized carbons (Fsp3) is 0.435. The van der Waals surface area contributed by atoms with Crippen molar-refractivity contribution >= 4 is 17.2 Å². The molecule has 29 heavy (non-hydrogen) atoms. The number of aryl methyl sites for hydroxylation is 2. The van der Waals surface area contributed by atoms with Crippen molar-refractivity contribution in [1.29, 1.82) is 0 Å². The van der Waals surface area contributed by atoms with Gasteiger partial charge < -0.3 is 9.72 Å². The second-order valence-corrected chi connectivity index (χ2v) is 8.18. The molecule has 0 atom stereocenters. The lowest BCUT2D eigenvalue weighted by Gasteiger charge is -2.19. The third-order valence-electron chi connectivity index (χ3n) is 4.65. The van der Waals surface area contributed by atoms with Crippen LogP contribution in [0.2, 0.25) is 0 Å². The largest absolute Gasteiger partial charge is 0.354 e. The molecule has 0 aliphatic rings. The molecule has 0 spiro atoms. The van der Waals surface area contributed by atoms with Crippen molar-refractivity contribution in [3.05, 3.63) is 59.1 Å². The Morgan fingerprint density at radius 3 is 2.55 bits per heavy atom. The monoisotopic (exact) mass is 397 g/mol. The van der Waals surface area contributed by atoms with E-state index in [4.69, 9.17) is 0 Å². The lowest BCUT2D eigenvalue weighted by molar-refractivity contribution is 0.441. The molecule has 3 aromatic rings. The molecule has 0 radical (unpaired) electrons. The van der Waals surface area contributed by atoms with Crippen LogP contribution in [-0.4, -0.2) is 25.9 Å². The summed E-state index contributed by atoms with van der Waals surface area (Å²) in [6, 6.07) is 1.53. The Labute approximate surface area is 173 Å². The number of allylic oxidation sites excluding steroid dienone is 1. The van der Waals surface area contributed by atoms with Crippen LogP contribution >= 0.6 is 0 Å². The van der Waals surface area contributed by atoms with E-state index in [2.05, 4.69) is 41.0 Å². The predicted molar refractivity (Wildman–Crippen MR) is 119 cm³/mol. The third kappa shape index (κ3) is 4.81. The van der Waals surface area contributed by atoms with Crippen LogP contribution in [0.5, 0.6) is 0 Å². The third-order valence-corrected chi connectivity index (χ3v) is 4.65. The summed E-state index contributed by atoms with van der Waals surface area (Å²) < 4.78 is 16.5. The van der Waals surface area contributed by atoms with E-state index in [1.54, 1.807) is 12.4 Å². The van der Waals surface area contributed by atoms with E-state index in [1.807, 2.05) is 37.4 Å². The van der Waals surface area contributed by atoms with Crippen molar-refractivity contribution < 1.29 is 4.39 Å². The molecule has 0 aliphatic heterocycles. The molecular weight excluding hydrogens is 365 g/mol. The highest BCUT2D eigenvalue weighted by atomic mass is 19.1. The summed E-state index contributed by atoms with van der Waals surface area (Å²) in [6.45, 7) is 13.2. The van der Waals surface area contributed by atoms with Crippen LogP contribution in [0, 0.1) is 18.2 Å². The standard InChI is InChI=1S/C22H28FN5.CH4/c1-7-16-10-24-20-19(23)9-15(12-28(16)20)17(8-2)18-11-25-21(27-14(18)3)26-13-22(4,5)6;/h8-12H,7,13H2,1-6H3,(H,25,26,27);1H4/b17-8-;. The Morgan fingerprint density at radius 1 is 1.24 bits per heavy atom. The number of nitrogens with one attached hydrogen (secondary N) is 1. The maximum absolute atomic E-state index is 14.6. The maximum Gasteiger partial charge on any atom is 0.222 e. The van der Waals surface area contributed by atoms with Gasteiger partial charge in [0.15, 0.2) is 11.5 Å². The zero-order valence-corrected chi connectivity index (χ0v) is 17.5. The first kappa shape index (κ1) is 22.5. The van der Waals surface area contributed by atoms with E-state index in [0.29, 0.717) is 11.6 Å². The molecule has 3 heterocycles. The summed E-state index contributed by atoms with van der Waals surface area (Å²) in [6.07, 6.45) is 8.22. The second-order valence-electron chi connectivity index (χ2n) is 8.18. The molecule has 0 saturated carbocycles. The minimum atomic E-state index is -0.335. The number of pyridine rings is 1. The Kier molecular flexibility index (Phi) is 6.77. The van der Waals surface area contributed by atoms with E-state index in [-0.39, 0.29) is 18.7 Å². The Balaban J connectivity index is 0.00000300. The molecule has 0 saturated heterocycles. The quantitative estimate of drug-likeness (QED) is 0.602. The molecule has 0 amide bonds. The highest BCUT2D eigenvalue weighted by Gasteiger charge is 2.16. The van der Waals surface area contributed by atoms with Crippen LogP contribution in [0.1, 0.15) is 64.6 Å². The minimum Gasteiger partial charge on any atom is -0.354 e. The fourth-order valence-corrected chi connectivity index (χ4v) is 3.14. The number of fused-ring (bicyclic) bond motifs is 1. The predicted octanol–water partition coefficient (Wildman–Crippen LogP) is 5.68. The number of rotatable bonds is 5. The summed E-state index contributed by atoms with van der Waals surface area (Å²) >= 11 is 0. The number of nitrogens with zero attached hydrogens (tertiary/aromatic N) is 4. The summed E-state index contributed by atoms with van der Waals surface area (Å²) in [5, 5.41) is 3.28. The molecule has 0 aromatic carbocycles. The van der Waals surface area contributed by atoms with Crippen LogP contribution in [0.3, 0.4) is 0 Å². The summed E-state index contributed by atoms with van der Waals surface area (Å²) in [4.78, 5) is 13.3. The van der Waals surface area contributed by atoms with Gasteiger partial charge >= 0.3 is 0 Å². The van der Waals surface area contributed by atoms with E-state index in [1.165, 1.54) is 6.07 Å². The van der Waals surface area contributed by atoms with Crippen LogP contribution in [0.4, 0.5) is 10.3 Å². The van der Waals surface area contributed by atoms with Gasteiger partial charge in [-0.2, -0.15) is 0 Å². The van der Waals surface area contributed by atoms with Gasteiger partial charge in [0.2, 0.25) is 5.95 Å². The first-order chi connectivity index (χ1) is 13.2. The zero-order valence-electron chi connectivity index (χ0n) is 17.5. The lowest BCUT2D eigenvalue weighted by atomic mass is 9.97. The second kappa shape index (κ2) is 8.72. The topological polar surface area (TPSA) is 55.1 Å². The van der Waals surface area contributed by atoms with Crippen LogP contribution in [-0.2, 0) is 6.42 Å². The van der Waals surface area contributed by atoms with Crippen LogP contribution in [0.25, 0.3) is 11.2 Å². The van der Waals surface area contributed by atoms with Crippen molar-refractivity contribution in [1.82, 2.24) is 19.4 Å². The Bertz CT molecular complexity index is 1030. The van der Waals surface area contributed by atoms with Crippen molar-refractivity contribution in [2.45, 2.75) is 55.4 Å². The van der Waals surface area contributed by atoms with Gasteiger partial charge in [-0.1, -0.05) is 41.2 Å². The number of hydrogen-bond donors (Lipinski definition) is 1. The number of anilines is 1.